The highest BCUT2D eigenvalue weighted by Gasteiger charge is 2.24. The standard InChI is InChI=1S/C19H20N6O2S/c20-15-6-8-23(11-15)24-13-22-17-10-21-19-16(18(17)24)7-9-25(19)28(26,27)12-14-4-2-1-3-5-14/h1-5,7,9-10,13,15H,6,8,11-12,20H2. The fourth-order valence-corrected chi connectivity index (χ4v) is 5.21. The van der Waals surface area contributed by atoms with Crippen LogP contribution in [0.25, 0.3) is 22.1 Å². The first-order chi connectivity index (χ1) is 13.5. The summed E-state index contributed by atoms with van der Waals surface area (Å²) in [7, 11) is -3.60. The lowest BCUT2D eigenvalue weighted by Crippen LogP contribution is -2.34. The van der Waals surface area contributed by atoms with Crippen LogP contribution >= 0.6 is 0 Å². The van der Waals surface area contributed by atoms with Crippen LogP contribution in [0, 0.1) is 0 Å². The molecule has 0 radical (unpaired) electrons. The SMILES string of the molecule is NC1CCN(n2cnc3cnc4c(ccn4S(=O)(=O)Cc4ccccc4)c32)C1. The van der Waals surface area contributed by atoms with E-state index >= 15 is 0 Å². The summed E-state index contributed by atoms with van der Waals surface area (Å²) >= 11 is 0. The van der Waals surface area contributed by atoms with Gasteiger partial charge in [-0.25, -0.2) is 27.0 Å². The summed E-state index contributed by atoms with van der Waals surface area (Å²) in [4.78, 5) is 8.83. The van der Waals surface area contributed by atoms with Crippen molar-refractivity contribution in [3.05, 3.63) is 60.7 Å². The maximum absolute atomic E-state index is 13.0. The molecular formula is C19H20N6O2S. The Morgan fingerprint density at radius 2 is 1.96 bits per heavy atom. The smallest absolute Gasteiger partial charge is 0.244 e. The first-order valence-electron chi connectivity index (χ1n) is 9.14. The third-order valence-corrected chi connectivity index (χ3v) is 6.76. The van der Waals surface area contributed by atoms with E-state index in [0.717, 1.165) is 41.5 Å². The highest BCUT2D eigenvalue weighted by molar-refractivity contribution is 7.89. The van der Waals surface area contributed by atoms with Crippen LogP contribution in [0.3, 0.4) is 0 Å². The monoisotopic (exact) mass is 396 g/mol. The van der Waals surface area contributed by atoms with E-state index < -0.39 is 10.0 Å². The summed E-state index contributed by atoms with van der Waals surface area (Å²) in [6.45, 7) is 1.58. The number of benzene rings is 1. The summed E-state index contributed by atoms with van der Waals surface area (Å²) in [5.74, 6) is -0.0857. The molecule has 1 unspecified atom stereocenters. The van der Waals surface area contributed by atoms with Gasteiger partial charge in [0.1, 0.15) is 17.4 Å². The molecule has 9 heteroatoms. The van der Waals surface area contributed by atoms with Gasteiger partial charge < -0.3 is 10.7 Å². The lowest BCUT2D eigenvalue weighted by molar-refractivity contribution is 0.588. The highest BCUT2D eigenvalue weighted by atomic mass is 32.2. The van der Waals surface area contributed by atoms with Crippen molar-refractivity contribution in [1.29, 1.82) is 0 Å². The average Bonchev–Trinajstić information content (AvgIpc) is 3.38. The zero-order valence-corrected chi connectivity index (χ0v) is 16.0. The van der Waals surface area contributed by atoms with E-state index in [9.17, 15) is 8.42 Å². The number of nitrogens with two attached hydrogens (primary N) is 1. The van der Waals surface area contributed by atoms with E-state index in [1.54, 1.807) is 36.9 Å². The van der Waals surface area contributed by atoms with Crippen molar-refractivity contribution in [2.24, 2.45) is 5.73 Å². The van der Waals surface area contributed by atoms with Gasteiger partial charge in [0.2, 0.25) is 10.0 Å². The van der Waals surface area contributed by atoms with E-state index in [1.165, 1.54) is 3.97 Å². The number of fused-ring (bicyclic) bond motifs is 3. The number of hydrogen-bond donors (Lipinski definition) is 1. The van der Waals surface area contributed by atoms with Gasteiger partial charge in [0, 0.05) is 30.7 Å². The van der Waals surface area contributed by atoms with E-state index in [1.807, 2.05) is 22.9 Å². The predicted molar refractivity (Wildman–Crippen MR) is 108 cm³/mol. The third kappa shape index (κ3) is 2.74. The van der Waals surface area contributed by atoms with Crippen LogP contribution < -0.4 is 10.7 Å². The minimum Gasteiger partial charge on any atom is -0.326 e. The molecule has 28 heavy (non-hydrogen) atoms. The predicted octanol–water partition coefficient (Wildman–Crippen LogP) is 1.43. The summed E-state index contributed by atoms with van der Waals surface area (Å²) in [5.41, 5.74) is 8.78. The lowest BCUT2D eigenvalue weighted by Gasteiger charge is -2.20. The summed E-state index contributed by atoms with van der Waals surface area (Å²) < 4.78 is 29.3. The second kappa shape index (κ2) is 6.32. The molecule has 1 aliphatic heterocycles. The van der Waals surface area contributed by atoms with Gasteiger partial charge in [0.15, 0.2) is 5.65 Å². The topological polar surface area (TPSA) is 99.0 Å². The van der Waals surface area contributed by atoms with Crippen LogP contribution in [0.4, 0.5) is 0 Å². The van der Waals surface area contributed by atoms with Gasteiger partial charge >= 0.3 is 0 Å². The van der Waals surface area contributed by atoms with Gasteiger partial charge in [0.05, 0.1) is 11.9 Å². The van der Waals surface area contributed by atoms with Crippen molar-refractivity contribution in [3.63, 3.8) is 0 Å². The van der Waals surface area contributed by atoms with Gasteiger partial charge in [-0.3, -0.25) is 0 Å². The molecule has 1 atom stereocenters. The number of nitrogens with zero attached hydrogens (tertiary/aromatic N) is 5. The Morgan fingerprint density at radius 1 is 1.14 bits per heavy atom. The summed E-state index contributed by atoms with van der Waals surface area (Å²) in [6.07, 6.45) is 5.86. The van der Waals surface area contributed by atoms with Gasteiger partial charge in [-0.1, -0.05) is 30.3 Å². The Hall–Kier alpha value is -2.91. The molecule has 0 spiro atoms. The molecule has 0 saturated carbocycles. The van der Waals surface area contributed by atoms with Crippen molar-refractivity contribution in [2.45, 2.75) is 18.2 Å². The Balaban J connectivity index is 1.62. The molecule has 3 aromatic heterocycles. The Bertz CT molecular complexity index is 1260. The molecule has 1 aliphatic rings. The zero-order chi connectivity index (χ0) is 19.3. The number of pyridine rings is 1. The van der Waals surface area contributed by atoms with E-state index in [-0.39, 0.29) is 11.8 Å². The Morgan fingerprint density at radius 3 is 2.71 bits per heavy atom. The molecule has 144 valence electrons. The van der Waals surface area contributed by atoms with Crippen LogP contribution in [0.5, 0.6) is 0 Å². The normalized spacial score (nSPS) is 17.8. The van der Waals surface area contributed by atoms with E-state index in [4.69, 9.17) is 5.73 Å². The number of hydrogen-bond acceptors (Lipinski definition) is 6. The first kappa shape index (κ1) is 17.2. The second-order valence-electron chi connectivity index (χ2n) is 7.13. The molecule has 0 aliphatic carbocycles. The van der Waals surface area contributed by atoms with Crippen molar-refractivity contribution >= 4 is 32.1 Å². The molecule has 4 heterocycles. The molecule has 8 nitrogen and oxygen atoms in total. The molecule has 1 saturated heterocycles. The highest BCUT2D eigenvalue weighted by Crippen LogP contribution is 2.26. The fourth-order valence-electron chi connectivity index (χ4n) is 3.81. The molecular weight excluding hydrogens is 376 g/mol. The van der Waals surface area contributed by atoms with E-state index in [0.29, 0.717) is 5.65 Å². The van der Waals surface area contributed by atoms with Crippen LogP contribution in [-0.4, -0.2) is 46.2 Å². The minimum absolute atomic E-state index is 0.0857. The Kier molecular flexibility index (Phi) is 3.88. The van der Waals surface area contributed by atoms with Crippen LogP contribution in [0.1, 0.15) is 12.0 Å². The molecule has 2 N–H and O–H groups in total. The summed E-state index contributed by atoms with van der Waals surface area (Å²) in [6, 6.07) is 11.1. The molecule has 1 aromatic carbocycles. The maximum Gasteiger partial charge on any atom is 0.244 e. The van der Waals surface area contributed by atoms with Crippen molar-refractivity contribution in [3.8, 4) is 0 Å². The van der Waals surface area contributed by atoms with Gasteiger partial charge in [0.25, 0.3) is 0 Å². The third-order valence-electron chi connectivity index (χ3n) is 5.17. The van der Waals surface area contributed by atoms with Crippen molar-refractivity contribution in [1.82, 2.24) is 18.6 Å². The first-order valence-corrected chi connectivity index (χ1v) is 10.7. The van der Waals surface area contributed by atoms with Crippen molar-refractivity contribution in [2.75, 3.05) is 18.1 Å². The molecule has 1 fully saturated rings. The zero-order valence-electron chi connectivity index (χ0n) is 15.1. The van der Waals surface area contributed by atoms with Crippen LogP contribution in [-0.2, 0) is 15.8 Å². The van der Waals surface area contributed by atoms with Gasteiger partial charge in [-0.15, -0.1) is 0 Å². The quantitative estimate of drug-likeness (QED) is 0.560. The minimum atomic E-state index is -3.60. The summed E-state index contributed by atoms with van der Waals surface area (Å²) in [5, 5.41) is 2.89. The second-order valence-corrected chi connectivity index (χ2v) is 8.98. The van der Waals surface area contributed by atoms with Gasteiger partial charge in [-0.2, -0.15) is 0 Å². The Labute approximate surface area is 162 Å². The molecule has 5 rings (SSSR count). The maximum atomic E-state index is 13.0. The van der Waals surface area contributed by atoms with Crippen LogP contribution in [0.15, 0.2) is 55.1 Å². The average molecular weight is 396 g/mol. The van der Waals surface area contributed by atoms with Crippen molar-refractivity contribution < 1.29 is 8.42 Å². The van der Waals surface area contributed by atoms with Crippen LogP contribution in [0.2, 0.25) is 0 Å². The molecule has 0 bridgehead atoms. The largest absolute Gasteiger partial charge is 0.326 e. The van der Waals surface area contributed by atoms with E-state index in [2.05, 4.69) is 15.0 Å². The molecule has 4 aromatic rings. The number of imidazole rings is 1. The number of rotatable bonds is 4. The lowest BCUT2D eigenvalue weighted by atomic mass is 10.2. The van der Waals surface area contributed by atoms with Gasteiger partial charge in [-0.05, 0) is 18.1 Å². The fraction of sp³-hybridized carbons (Fsp3) is 0.263. The molecule has 0 amide bonds. The number of aromatic nitrogens is 4.